The molecule has 12 heteroatoms. The van der Waals surface area contributed by atoms with E-state index in [0.29, 0.717) is 16.8 Å². The minimum Gasteiger partial charge on any atom is -0.222 e. The van der Waals surface area contributed by atoms with Crippen molar-refractivity contribution in [1.82, 2.24) is 9.78 Å². The van der Waals surface area contributed by atoms with Crippen molar-refractivity contribution in [3.63, 3.8) is 0 Å². The Kier molecular flexibility index (Phi) is 4.82. The molecule has 0 atom stereocenters. The molecule has 0 aliphatic carbocycles. The van der Waals surface area contributed by atoms with E-state index in [-0.39, 0.29) is 0 Å². The third-order valence-electron chi connectivity index (χ3n) is 2.77. The van der Waals surface area contributed by atoms with Gasteiger partial charge in [-0.1, -0.05) is 23.2 Å². The van der Waals surface area contributed by atoms with E-state index in [2.05, 4.69) is 21.0 Å². The fraction of sp³-hybridized carbons (Fsp3) is 0.167. The van der Waals surface area contributed by atoms with Gasteiger partial charge in [0.15, 0.2) is 5.69 Å². The molecular weight excluding hydrogens is 451 g/mol. The molecule has 1 heterocycles. The number of aromatic nitrogens is 2. The number of rotatable bonds is 1. The van der Waals surface area contributed by atoms with Crippen molar-refractivity contribution in [3.05, 3.63) is 43.6 Å². The van der Waals surface area contributed by atoms with Gasteiger partial charge in [0.25, 0.3) is 0 Å². The smallest absolute Gasteiger partial charge is 0.222 e. The lowest BCUT2D eigenvalue weighted by Gasteiger charge is -2.13. The van der Waals surface area contributed by atoms with Crippen LogP contribution in [0.15, 0.2) is 16.7 Å². The highest BCUT2D eigenvalue weighted by molar-refractivity contribution is 9.10. The number of benzene rings is 1. The monoisotopic (exact) mass is 451 g/mol. The molecular formula is C12H2BrCl2F6N3. The van der Waals surface area contributed by atoms with Gasteiger partial charge in [-0.3, -0.25) is 0 Å². The zero-order chi connectivity index (χ0) is 18.4. The van der Waals surface area contributed by atoms with Gasteiger partial charge in [-0.05, 0) is 28.1 Å². The van der Waals surface area contributed by atoms with E-state index >= 15 is 0 Å². The summed E-state index contributed by atoms with van der Waals surface area (Å²) in [7, 11) is 0. The average Bonchev–Trinajstić information content (AvgIpc) is 2.74. The highest BCUT2D eigenvalue weighted by Crippen LogP contribution is 2.41. The molecule has 0 aliphatic heterocycles. The number of nitrogens with zero attached hydrogens (tertiary/aromatic N) is 3. The summed E-state index contributed by atoms with van der Waals surface area (Å²) in [6, 6.07) is 2.31. The molecule has 0 fully saturated rings. The van der Waals surface area contributed by atoms with E-state index in [1.807, 2.05) is 0 Å². The van der Waals surface area contributed by atoms with E-state index in [1.54, 1.807) is 0 Å². The maximum atomic E-state index is 12.9. The molecule has 1 aromatic heterocycles. The third-order valence-corrected chi connectivity index (χ3v) is 4.07. The first-order valence-electron chi connectivity index (χ1n) is 5.70. The van der Waals surface area contributed by atoms with Crippen LogP contribution in [0.2, 0.25) is 10.0 Å². The van der Waals surface area contributed by atoms with Crippen molar-refractivity contribution in [2.45, 2.75) is 12.4 Å². The Morgan fingerprint density at radius 2 is 1.54 bits per heavy atom. The summed E-state index contributed by atoms with van der Waals surface area (Å²) in [5, 5.41) is 10.9. The van der Waals surface area contributed by atoms with Crippen molar-refractivity contribution in [2.75, 3.05) is 0 Å². The SMILES string of the molecule is N#Cc1c(C(F)(F)F)nn(-c2c(Cl)cc(C(F)(F)F)cc2Cl)c1Br. The molecule has 3 nitrogen and oxygen atoms in total. The zero-order valence-corrected chi connectivity index (χ0v) is 14.0. The van der Waals surface area contributed by atoms with Crippen LogP contribution in [0.5, 0.6) is 0 Å². The van der Waals surface area contributed by atoms with Gasteiger partial charge in [0.05, 0.1) is 15.6 Å². The van der Waals surface area contributed by atoms with Crippen LogP contribution in [-0.4, -0.2) is 9.78 Å². The molecule has 0 radical (unpaired) electrons. The predicted molar refractivity (Wildman–Crippen MR) is 76.0 cm³/mol. The Labute approximate surface area is 148 Å². The van der Waals surface area contributed by atoms with Crippen LogP contribution in [0.25, 0.3) is 5.69 Å². The quantitative estimate of drug-likeness (QED) is 0.509. The van der Waals surface area contributed by atoms with Gasteiger partial charge < -0.3 is 0 Å². The Balaban J connectivity index is 2.75. The molecule has 0 N–H and O–H groups in total. The van der Waals surface area contributed by atoms with E-state index in [9.17, 15) is 26.3 Å². The molecule has 0 aliphatic rings. The van der Waals surface area contributed by atoms with Gasteiger partial charge in [-0.15, -0.1) is 0 Å². The number of hydrogen-bond donors (Lipinski definition) is 0. The van der Waals surface area contributed by atoms with Gasteiger partial charge in [-0.25, -0.2) is 4.68 Å². The molecule has 0 saturated heterocycles. The Hall–Kier alpha value is -1.44. The summed E-state index contributed by atoms with van der Waals surface area (Å²) >= 11 is 14.2. The summed E-state index contributed by atoms with van der Waals surface area (Å²) in [4.78, 5) is 0. The second-order valence-corrected chi connectivity index (χ2v) is 5.89. The molecule has 0 bridgehead atoms. The molecule has 2 aromatic rings. The minimum absolute atomic E-state index is 0.426. The number of alkyl halides is 6. The lowest BCUT2D eigenvalue weighted by molar-refractivity contribution is -0.141. The third kappa shape index (κ3) is 3.34. The Morgan fingerprint density at radius 1 is 1.04 bits per heavy atom. The lowest BCUT2D eigenvalue weighted by atomic mass is 10.2. The topological polar surface area (TPSA) is 41.6 Å². The van der Waals surface area contributed by atoms with Crippen LogP contribution in [0.1, 0.15) is 16.8 Å². The molecule has 1 aromatic carbocycles. The molecule has 24 heavy (non-hydrogen) atoms. The Morgan fingerprint density at radius 3 is 1.88 bits per heavy atom. The first-order valence-corrected chi connectivity index (χ1v) is 7.25. The molecule has 0 unspecified atom stereocenters. The standard InChI is InChI=1S/C12H2BrCl2F6N3/c13-10-5(3-22)9(12(19,20)21)23-24(10)8-6(14)1-4(2-7(8)15)11(16,17)18/h1-2H. The van der Waals surface area contributed by atoms with Crippen molar-refractivity contribution in [2.24, 2.45) is 0 Å². The van der Waals surface area contributed by atoms with E-state index in [4.69, 9.17) is 28.5 Å². The maximum Gasteiger partial charge on any atom is 0.436 e. The van der Waals surface area contributed by atoms with Crippen LogP contribution >= 0.6 is 39.1 Å². The summed E-state index contributed by atoms with van der Waals surface area (Å²) < 4.78 is 76.9. The average molecular weight is 453 g/mol. The van der Waals surface area contributed by atoms with E-state index in [1.165, 1.54) is 6.07 Å². The first kappa shape index (κ1) is 18.9. The summed E-state index contributed by atoms with van der Waals surface area (Å²) in [5.41, 5.74) is -3.98. The predicted octanol–water partition coefficient (Wildman–Crippen LogP) is 5.85. The Bertz CT molecular complexity index is 827. The van der Waals surface area contributed by atoms with Crippen LogP contribution < -0.4 is 0 Å². The van der Waals surface area contributed by atoms with Crippen LogP contribution in [0.4, 0.5) is 26.3 Å². The molecule has 0 amide bonds. The number of hydrogen-bond acceptors (Lipinski definition) is 2. The number of halogens is 9. The highest BCUT2D eigenvalue weighted by Gasteiger charge is 2.40. The van der Waals surface area contributed by atoms with Gasteiger partial charge >= 0.3 is 12.4 Å². The highest BCUT2D eigenvalue weighted by atomic mass is 79.9. The number of nitriles is 1. The molecule has 0 saturated carbocycles. The normalized spacial score (nSPS) is 12.3. The maximum absolute atomic E-state index is 12.9. The fourth-order valence-electron chi connectivity index (χ4n) is 1.77. The van der Waals surface area contributed by atoms with E-state index in [0.717, 1.165) is 0 Å². The van der Waals surface area contributed by atoms with Crippen molar-refractivity contribution < 1.29 is 26.3 Å². The zero-order valence-electron chi connectivity index (χ0n) is 10.9. The second-order valence-electron chi connectivity index (χ2n) is 4.32. The van der Waals surface area contributed by atoms with Crippen molar-refractivity contribution in [3.8, 4) is 11.8 Å². The summed E-state index contributed by atoms with van der Waals surface area (Å²) in [6.07, 6.45) is -9.70. The molecule has 2 rings (SSSR count). The van der Waals surface area contributed by atoms with Gasteiger partial charge in [-0.2, -0.15) is 36.7 Å². The van der Waals surface area contributed by atoms with Crippen LogP contribution in [-0.2, 0) is 12.4 Å². The summed E-state index contributed by atoms with van der Waals surface area (Å²) in [6.45, 7) is 0. The van der Waals surface area contributed by atoms with Crippen LogP contribution in [0.3, 0.4) is 0 Å². The first-order chi connectivity index (χ1) is 10.9. The largest absolute Gasteiger partial charge is 0.436 e. The summed E-state index contributed by atoms with van der Waals surface area (Å²) in [5.74, 6) is 0. The fourth-order valence-corrected chi connectivity index (χ4v) is 2.95. The molecule has 128 valence electrons. The lowest BCUT2D eigenvalue weighted by Crippen LogP contribution is -2.10. The minimum atomic E-state index is -4.95. The van der Waals surface area contributed by atoms with Gasteiger partial charge in [0.2, 0.25) is 0 Å². The second kappa shape index (κ2) is 6.13. The van der Waals surface area contributed by atoms with Gasteiger partial charge in [0.1, 0.15) is 21.9 Å². The van der Waals surface area contributed by atoms with Crippen molar-refractivity contribution in [1.29, 1.82) is 5.26 Å². The van der Waals surface area contributed by atoms with Crippen molar-refractivity contribution >= 4 is 39.1 Å². The molecule has 0 spiro atoms. The van der Waals surface area contributed by atoms with Crippen LogP contribution in [0, 0.1) is 11.3 Å². The van der Waals surface area contributed by atoms with Gasteiger partial charge in [0, 0.05) is 0 Å². The van der Waals surface area contributed by atoms with E-state index < -0.39 is 49.5 Å².